The van der Waals surface area contributed by atoms with Gasteiger partial charge in [0.15, 0.2) is 0 Å². The first-order valence-corrected chi connectivity index (χ1v) is 39.8. The summed E-state index contributed by atoms with van der Waals surface area (Å²) in [5.74, 6) is -0.234. The Morgan fingerprint density at radius 3 is 1.17 bits per heavy atom. The van der Waals surface area contributed by atoms with Crippen LogP contribution in [0.4, 0.5) is 27.0 Å². The molecule has 9 aromatic rings. The highest BCUT2D eigenvalue weighted by atomic mass is 35.5. The van der Waals surface area contributed by atoms with Gasteiger partial charge in [0.2, 0.25) is 0 Å². The molecule has 0 saturated carbocycles. The van der Waals surface area contributed by atoms with Gasteiger partial charge in [-0.15, -0.1) is 12.4 Å². The Bertz CT molecular complexity index is 4880. The van der Waals surface area contributed by atoms with E-state index in [0.717, 1.165) is 44.9 Å². The predicted molar refractivity (Wildman–Crippen MR) is 456 cm³/mol. The van der Waals surface area contributed by atoms with Gasteiger partial charge in [0.25, 0.3) is 0 Å². The summed E-state index contributed by atoms with van der Waals surface area (Å²) in [5.41, 5.74) is 24.4. The zero-order valence-electron chi connectivity index (χ0n) is 70.3. The molecule has 3 aliphatic rings. The average Bonchev–Trinajstić information content (AvgIpc) is 0.773. The minimum absolute atomic E-state index is 0. The van der Waals surface area contributed by atoms with E-state index >= 15 is 0 Å². The number of anilines is 3. The van der Waals surface area contributed by atoms with E-state index in [4.69, 9.17) is 70.3 Å². The summed E-state index contributed by atoms with van der Waals surface area (Å²) < 4.78 is 71.9. The minimum Gasteiger partial charge on any atom is -0.497 e. The molecule has 3 aliphatic heterocycles. The van der Waals surface area contributed by atoms with Gasteiger partial charge >= 0.3 is 41.3 Å². The number of methoxy groups -OCH3 is 3. The van der Waals surface area contributed by atoms with Gasteiger partial charge in [-0.1, -0.05) is 173 Å². The van der Waals surface area contributed by atoms with Gasteiger partial charge in [0, 0.05) is 69.3 Å². The number of carbonyl (C=O) groups excluding carboxylic acids is 4. The third-order valence-electron chi connectivity index (χ3n) is 20.5. The highest BCUT2D eigenvalue weighted by Crippen LogP contribution is 2.46. The zero-order valence-corrected chi connectivity index (χ0v) is 71.1. The number of halogens is 1. The van der Waals surface area contributed by atoms with E-state index in [-0.39, 0.29) is 98.6 Å². The molecule has 656 valence electrons. The Labute approximate surface area is 714 Å². The first kappa shape index (κ1) is 96.0. The largest absolute Gasteiger partial charge is 0.516 e. The summed E-state index contributed by atoms with van der Waals surface area (Å²) >= 11 is 0. The van der Waals surface area contributed by atoms with E-state index in [1.807, 2.05) is 159 Å². The summed E-state index contributed by atoms with van der Waals surface area (Å²) in [6.45, 7) is 14.5. The van der Waals surface area contributed by atoms with Crippen LogP contribution < -0.4 is 54.8 Å². The van der Waals surface area contributed by atoms with E-state index < -0.39 is 101 Å². The fourth-order valence-electron chi connectivity index (χ4n) is 14.1. The number of nitrogens with zero attached hydrogens (tertiary/aromatic N) is 6. The van der Waals surface area contributed by atoms with Gasteiger partial charge in [-0.2, -0.15) is 15.0 Å². The number of aliphatic hydroxyl groups is 2. The number of hydrogen-bond donors (Lipinski definition) is 7. The second-order valence-corrected chi connectivity index (χ2v) is 30.6. The molecule has 10 unspecified atom stereocenters. The van der Waals surface area contributed by atoms with Crippen molar-refractivity contribution < 1.29 is 86.2 Å². The molecule has 3 saturated heterocycles. The van der Waals surface area contributed by atoms with E-state index in [1.54, 1.807) is 87.4 Å². The molecule has 3 fully saturated rings. The molecule has 0 bridgehead atoms. The molecule has 6 aromatic carbocycles. The lowest BCUT2D eigenvalue weighted by Crippen LogP contribution is -2.47. The van der Waals surface area contributed by atoms with Crippen LogP contribution in [0.25, 0.3) is 0 Å². The molecule has 12 rings (SSSR count). The number of nitrogen functional groups attached to an aromatic ring is 3. The van der Waals surface area contributed by atoms with Crippen LogP contribution in [-0.4, -0.2) is 167 Å². The lowest BCUT2D eigenvalue weighted by molar-refractivity contribution is -0.152. The van der Waals surface area contributed by atoms with Gasteiger partial charge in [-0.3, -0.25) is 18.5 Å². The van der Waals surface area contributed by atoms with E-state index in [9.17, 15) is 43.8 Å². The van der Waals surface area contributed by atoms with E-state index in [1.165, 1.54) is 26.0 Å². The lowest BCUT2D eigenvalue weighted by Gasteiger charge is -2.37. The number of benzene rings is 6. The van der Waals surface area contributed by atoms with Crippen molar-refractivity contribution in [1.29, 1.82) is 0 Å². The Kier molecular flexibility index (Phi) is 35.8. The van der Waals surface area contributed by atoms with E-state index in [0.29, 0.717) is 32.5 Å². The molecule has 0 spiro atoms. The monoisotopic (exact) mass is 1710 g/mol. The van der Waals surface area contributed by atoms with Crippen LogP contribution in [0, 0.1) is 29.6 Å². The van der Waals surface area contributed by atoms with Crippen molar-refractivity contribution in [2.45, 2.75) is 141 Å². The van der Waals surface area contributed by atoms with Crippen molar-refractivity contribution in [3.8, 4) is 11.5 Å². The van der Waals surface area contributed by atoms with Crippen LogP contribution in [0.3, 0.4) is 0 Å². The van der Waals surface area contributed by atoms with Crippen molar-refractivity contribution in [3.63, 3.8) is 0 Å². The molecular weight excluding hydrogens is 1590 g/mol. The molecule has 0 radical (unpaired) electrons. The molecule has 11 N–H and O–H groups in total. The molecule has 6 heterocycles. The number of nitrogens with one attached hydrogen (secondary N) is 1. The fourth-order valence-corrected chi connectivity index (χ4v) is 14.1. The number of rotatable bonds is 29. The fraction of sp³-hybridized carbons (Fsp3) is 0.416. The Morgan fingerprint density at radius 2 is 0.844 bits per heavy atom. The van der Waals surface area contributed by atoms with E-state index in [2.05, 4.69) is 54.0 Å². The molecule has 1 amide bonds. The molecular formula is C89H112ClN11O21. The molecule has 0 aliphatic carbocycles. The van der Waals surface area contributed by atoms with Gasteiger partial charge in [-0.25, -0.2) is 28.8 Å². The smallest absolute Gasteiger partial charge is 0.497 e. The third-order valence-corrected chi connectivity index (χ3v) is 20.5. The molecule has 32 nitrogen and oxygen atoms in total. The number of nitrogens with two attached hydrogens (primary N) is 4. The van der Waals surface area contributed by atoms with Crippen molar-refractivity contribution in [1.82, 2.24) is 34.0 Å². The summed E-state index contributed by atoms with van der Waals surface area (Å²) in [4.78, 5) is 94.5. The van der Waals surface area contributed by atoms with Gasteiger partial charge in [0.05, 0.1) is 65.6 Å². The molecule has 11 atom stereocenters. The topological polar surface area (TPSA) is 440 Å². The number of hydrogen-bond acceptors (Lipinski definition) is 28. The summed E-state index contributed by atoms with van der Waals surface area (Å²) in [5, 5.41) is 22.0. The highest BCUT2D eigenvalue weighted by Gasteiger charge is 2.46. The number of alkyl carbamates (subject to hydrolysis) is 1. The maximum absolute atomic E-state index is 12.5. The van der Waals surface area contributed by atoms with Crippen molar-refractivity contribution in [3.05, 3.63) is 271 Å². The highest BCUT2D eigenvalue weighted by molar-refractivity contribution is 5.88. The normalized spacial score (nSPS) is 19.1. The van der Waals surface area contributed by atoms with Crippen LogP contribution in [0.2, 0.25) is 0 Å². The molecule has 122 heavy (non-hydrogen) atoms. The quantitative estimate of drug-likeness (QED) is 0.00991. The van der Waals surface area contributed by atoms with Crippen molar-refractivity contribution in [2.24, 2.45) is 35.3 Å². The maximum atomic E-state index is 12.5. The summed E-state index contributed by atoms with van der Waals surface area (Å²) in [6.07, 6.45) is 1.31. The number of carbonyl (C=O) groups is 4. The Morgan fingerprint density at radius 1 is 0.484 bits per heavy atom. The first-order valence-electron chi connectivity index (χ1n) is 39.8. The second-order valence-electron chi connectivity index (χ2n) is 30.6. The molecule has 33 heteroatoms. The second kappa shape index (κ2) is 45.5. The van der Waals surface area contributed by atoms with Gasteiger partial charge in [0.1, 0.15) is 83.1 Å². The number of aliphatic hydroxyl groups excluding tert-OH is 2. The first-order chi connectivity index (χ1) is 58.0. The van der Waals surface area contributed by atoms with Crippen LogP contribution in [0.1, 0.15) is 127 Å². The van der Waals surface area contributed by atoms with Crippen LogP contribution in [-0.2, 0) is 68.2 Å². The van der Waals surface area contributed by atoms with Crippen LogP contribution in [0.15, 0.2) is 221 Å². The standard InChI is InChI=1S/C31H33N3O5.C30H31N3O5.C15H24N4O5.C13H23NO6.ClH/c1-36-21-27-22(19-29(39-27)34-18-17-28(32)33-30(34)35)20-38-31(23-9-5-3-6-10-23,24-11-7-4-8-12-24)25-13-15-26(37-2)16-14-25;1-36-25-14-12-24(13-15-25)30(22-8-4-2-5-9-22,23-10-6-3-7-11-23)37-20-21-18-28(38-26(21)19-34)33-17-16-27(31)32-29(33)35;1-8(2)13(17)14(21)23-7-10-9(6-20)5-12(24-10)19-4-3-11(16)18-15(19)22;1-7-18-12(17)19-10(15)9(8(2)3)14-11(16)20-13(4,5)6;/h3-18,22,27,29H,19-21H2,1-2H3,(H2,32,33,35);2-17,21,26,28,34H,18-20H2,1H3,(H2,31,32,35);3-4,8-10,12-13,20H,5-7,17H2,1-2H3,(H2,16,18,22);8-9H,7H2,1-6H3,(H,14,16);1H/t;;9?,10?,12?,13-;;/m..0../s1. The SMILES string of the molecule is CC(C)[C@H](N)C(=O)OCC1OC(n2ccc(N)nc2=O)CC1CO.CCOC(=O)OC(=O)C(NC(=O)OC(C)(C)C)C(C)C.COCC1OC(n2ccc(N)nc2=O)CC1COC(c1ccccc1)(c1ccccc1)c1ccc(OC)cc1.COc1ccc(C(OCC2CC(n3ccc(N)nc3=O)OC2CO)(c2ccccc2)c2ccccc2)cc1.Cl. The van der Waals surface area contributed by atoms with Gasteiger partial charge < -0.3 is 95.3 Å². The summed E-state index contributed by atoms with van der Waals surface area (Å²) in [7, 11) is 4.93. The van der Waals surface area contributed by atoms with Crippen LogP contribution in [0.5, 0.6) is 11.5 Å². The predicted octanol–water partition coefficient (Wildman–Crippen LogP) is 10.0. The maximum Gasteiger partial charge on any atom is 0.516 e. The Balaban J connectivity index is 0.000000209. The number of aromatic nitrogens is 6. The van der Waals surface area contributed by atoms with Gasteiger partial charge in [-0.05, 0) is 115 Å². The zero-order chi connectivity index (χ0) is 87.6. The Hall–Kier alpha value is -11.4. The van der Waals surface area contributed by atoms with Crippen molar-refractivity contribution in [2.75, 3.05) is 84.8 Å². The number of amides is 1. The number of ether oxygens (including phenoxy) is 12. The lowest BCUT2D eigenvalue weighted by atomic mass is 9.80. The van der Waals surface area contributed by atoms with Crippen molar-refractivity contribution >= 4 is 54.0 Å². The third kappa shape index (κ3) is 25.1. The summed E-state index contributed by atoms with van der Waals surface area (Å²) in [6, 6.07) is 59.3. The average molecular weight is 1710 g/mol. The minimum atomic E-state index is -1.09. The number of esters is 2. The van der Waals surface area contributed by atoms with Crippen LogP contribution >= 0.6 is 12.4 Å². The molecule has 3 aromatic heterocycles.